The van der Waals surface area contributed by atoms with Crippen LogP contribution in [-0.4, -0.2) is 80.3 Å². The number of piperazine rings is 1. The van der Waals surface area contributed by atoms with Crippen LogP contribution in [0.5, 0.6) is 0 Å². The molecule has 0 bridgehead atoms. The van der Waals surface area contributed by atoms with Crippen molar-refractivity contribution in [3.8, 4) is 0 Å². The second kappa shape index (κ2) is 8.77. The van der Waals surface area contributed by atoms with Crippen molar-refractivity contribution >= 4 is 23.4 Å². The molecule has 0 atom stereocenters. The van der Waals surface area contributed by atoms with Crippen molar-refractivity contribution in [2.75, 3.05) is 32.7 Å². The highest BCUT2D eigenvalue weighted by molar-refractivity contribution is 5.94. The van der Waals surface area contributed by atoms with Crippen LogP contribution in [0.4, 0.5) is 5.69 Å². The lowest BCUT2D eigenvalue weighted by Gasteiger charge is -2.34. The summed E-state index contributed by atoms with van der Waals surface area (Å²) in [6.07, 6.45) is 0.696. The van der Waals surface area contributed by atoms with Gasteiger partial charge in [0.2, 0.25) is 11.8 Å². The van der Waals surface area contributed by atoms with E-state index in [4.69, 9.17) is 0 Å². The SMILES string of the molecule is CC(=O)N1CCN(C(=O)c2n[nH]c3c2CN(C(=O)Cc2ccc([N+](=O)[O-])cc2)CC3)CC1. The number of nitrogens with one attached hydrogen (secondary N) is 1. The van der Waals surface area contributed by atoms with Gasteiger partial charge in [-0.25, -0.2) is 0 Å². The number of nitrogens with zero attached hydrogens (tertiary/aromatic N) is 5. The molecule has 11 heteroatoms. The maximum atomic E-state index is 13.0. The molecule has 3 amide bonds. The van der Waals surface area contributed by atoms with Gasteiger partial charge in [0.15, 0.2) is 5.69 Å². The number of hydrogen-bond acceptors (Lipinski definition) is 6. The Balaban J connectivity index is 1.42. The largest absolute Gasteiger partial charge is 0.339 e. The van der Waals surface area contributed by atoms with E-state index in [9.17, 15) is 24.5 Å². The van der Waals surface area contributed by atoms with E-state index in [1.54, 1.807) is 26.8 Å². The molecule has 4 rings (SSSR count). The van der Waals surface area contributed by atoms with Crippen LogP contribution >= 0.6 is 0 Å². The summed E-state index contributed by atoms with van der Waals surface area (Å²) in [6, 6.07) is 5.93. The first-order valence-corrected chi connectivity index (χ1v) is 10.5. The number of nitro groups is 1. The highest BCUT2D eigenvalue weighted by Crippen LogP contribution is 2.23. The van der Waals surface area contributed by atoms with Gasteiger partial charge in [-0.15, -0.1) is 0 Å². The first-order valence-electron chi connectivity index (χ1n) is 10.5. The molecular weight excluding hydrogens is 416 g/mol. The predicted octanol–water partition coefficient (Wildman–Crippen LogP) is 0.750. The van der Waals surface area contributed by atoms with Crippen LogP contribution in [0.3, 0.4) is 0 Å². The molecule has 0 unspecified atom stereocenters. The summed E-state index contributed by atoms with van der Waals surface area (Å²) in [4.78, 5) is 52.8. The summed E-state index contributed by atoms with van der Waals surface area (Å²) >= 11 is 0. The molecule has 2 aromatic rings. The van der Waals surface area contributed by atoms with Crippen molar-refractivity contribution in [1.82, 2.24) is 24.9 Å². The summed E-state index contributed by atoms with van der Waals surface area (Å²) in [6.45, 7) is 4.19. The molecule has 0 spiro atoms. The Hall–Kier alpha value is -3.76. The zero-order valence-electron chi connectivity index (χ0n) is 17.7. The van der Waals surface area contributed by atoms with Gasteiger partial charge in [-0.05, 0) is 5.56 Å². The maximum absolute atomic E-state index is 13.0. The smallest absolute Gasteiger partial charge is 0.274 e. The van der Waals surface area contributed by atoms with Crippen LogP contribution in [0.25, 0.3) is 0 Å². The number of H-pyrrole nitrogens is 1. The van der Waals surface area contributed by atoms with Crippen molar-refractivity contribution in [3.63, 3.8) is 0 Å². The summed E-state index contributed by atoms with van der Waals surface area (Å²) in [7, 11) is 0. The highest BCUT2D eigenvalue weighted by Gasteiger charge is 2.31. The summed E-state index contributed by atoms with van der Waals surface area (Å²) in [5.41, 5.74) is 2.58. The lowest BCUT2D eigenvalue weighted by Crippen LogP contribution is -2.50. The Kier molecular flexibility index (Phi) is 5.89. The number of aromatic nitrogens is 2. The molecule has 32 heavy (non-hydrogen) atoms. The number of benzene rings is 1. The quantitative estimate of drug-likeness (QED) is 0.551. The number of hydrogen-bond donors (Lipinski definition) is 1. The number of non-ortho nitro benzene ring substituents is 1. The van der Waals surface area contributed by atoms with E-state index in [1.807, 2.05) is 0 Å². The van der Waals surface area contributed by atoms with E-state index in [-0.39, 0.29) is 36.4 Å². The summed E-state index contributed by atoms with van der Waals surface area (Å²) < 4.78 is 0. The number of aromatic amines is 1. The fourth-order valence-corrected chi connectivity index (χ4v) is 4.08. The van der Waals surface area contributed by atoms with Crippen LogP contribution in [0.1, 0.15) is 34.2 Å². The van der Waals surface area contributed by atoms with Crippen LogP contribution in [0.2, 0.25) is 0 Å². The van der Waals surface area contributed by atoms with Gasteiger partial charge in [-0.2, -0.15) is 5.10 Å². The second-order valence-corrected chi connectivity index (χ2v) is 7.99. The molecule has 3 heterocycles. The molecule has 1 N–H and O–H groups in total. The molecular formula is C21H24N6O5. The van der Waals surface area contributed by atoms with E-state index in [0.717, 1.165) is 11.3 Å². The number of carbonyl (C=O) groups excluding carboxylic acids is 3. The van der Waals surface area contributed by atoms with Gasteiger partial charge in [-0.3, -0.25) is 29.6 Å². The van der Waals surface area contributed by atoms with Gasteiger partial charge in [0.25, 0.3) is 11.6 Å². The minimum Gasteiger partial charge on any atom is -0.339 e. The maximum Gasteiger partial charge on any atom is 0.274 e. The topological polar surface area (TPSA) is 133 Å². The number of amides is 3. The van der Waals surface area contributed by atoms with Gasteiger partial charge in [0, 0.05) is 76.0 Å². The van der Waals surface area contributed by atoms with E-state index in [0.29, 0.717) is 50.4 Å². The third-order valence-corrected chi connectivity index (χ3v) is 6.00. The Morgan fingerprint density at radius 3 is 2.31 bits per heavy atom. The van der Waals surface area contributed by atoms with E-state index in [1.165, 1.54) is 19.1 Å². The van der Waals surface area contributed by atoms with Crippen molar-refractivity contribution in [2.45, 2.75) is 26.3 Å². The van der Waals surface area contributed by atoms with Crippen LogP contribution in [0, 0.1) is 10.1 Å². The fraction of sp³-hybridized carbons (Fsp3) is 0.429. The van der Waals surface area contributed by atoms with Gasteiger partial charge in [0.05, 0.1) is 11.3 Å². The predicted molar refractivity (Wildman–Crippen MR) is 113 cm³/mol. The van der Waals surface area contributed by atoms with Crippen molar-refractivity contribution in [3.05, 3.63) is 56.9 Å². The Bertz CT molecular complexity index is 1060. The zero-order valence-corrected chi connectivity index (χ0v) is 17.7. The van der Waals surface area contributed by atoms with E-state index < -0.39 is 4.92 Å². The van der Waals surface area contributed by atoms with Crippen molar-refractivity contribution in [1.29, 1.82) is 0 Å². The fourth-order valence-electron chi connectivity index (χ4n) is 4.08. The Morgan fingerprint density at radius 1 is 1.03 bits per heavy atom. The summed E-state index contributed by atoms with van der Waals surface area (Å²) in [5.74, 6) is -0.314. The second-order valence-electron chi connectivity index (χ2n) is 7.99. The molecule has 1 saturated heterocycles. The van der Waals surface area contributed by atoms with E-state index in [2.05, 4.69) is 10.2 Å². The van der Waals surface area contributed by atoms with Crippen LogP contribution in [-0.2, 0) is 29.0 Å². The number of nitro benzene ring substituents is 1. The van der Waals surface area contributed by atoms with Gasteiger partial charge >= 0.3 is 0 Å². The molecule has 2 aliphatic heterocycles. The number of fused-ring (bicyclic) bond motifs is 1. The average Bonchev–Trinajstić information content (AvgIpc) is 3.22. The molecule has 168 valence electrons. The lowest BCUT2D eigenvalue weighted by atomic mass is 10.0. The third-order valence-electron chi connectivity index (χ3n) is 6.00. The van der Waals surface area contributed by atoms with Gasteiger partial charge in [0.1, 0.15) is 0 Å². The van der Waals surface area contributed by atoms with Crippen molar-refractivity contribution in [2.24, 2.45) is 0 Å². The number of rotatable bonds is 4. The molecule has 1 aromatic heterocycles. The van der Waals surface area contributed by atoms with Gasteiger partial charge < -0.3 is 14.7 Å². The van der Waals surface area contributed by atoms with Crippen molar-refractivity contribution < 1.29 is 19.3 Å². The molecule has 1 aromatic carbocycles. The lowest BCUT2D eigenvalue weighted by molar-refractivity contribution is -0.384. The first-order chi connectivity index (χ1) is 15.3. The van der Waals surface area contributed by atoms with Crippen LogP contribution in [0.15, 0.2) is 24.3 Å². The standard InChI is InChI=1S/C21H24N6O5/c1-14(28)24-8-10-25(11-9-24)21(30)20-17-13-26(7-6-18(17)22-23-20)19(29)12-15-2-4-16(5-3-15)27(31)32/h2-5H,6-13H2,1H3,(H,22,23). The molecule has 1 fully saturated rings. The molecule has 0 aliphatic carbocycles. The first kappa shape index (κ1) is 21.5. The Morgan fingerprint density at radius 2 is 1.69 bits per heavy atom. The molecule has 0 radical (unpaired) electrons. The third kappa shape index (κ3) is 4.32. The zero-order chi connectivity index (χ0) is 22.8. The van der Waals surface area contributed by atoms with E-state index >= 15 is 0 Å². The van der Waals surface area contributed by atoms with Crippen LogP contribution < -0.4 is 0 Å². The number of carbonyl (C=O) groups is 3. The molecule has 11 nitrogen and oxygen atoms in total. The average molecular weight is 440 g/mol. The molecule has 2 aliphatic rings. The Labute approximate surface area is 184 Å². The minimum atomic E-state index is -0.477. The molecule has 0 saturated carbocycles. The normalized spacial score (nSPS) is 16.0. The van der Waals surface area contributed by atoms with Gasteiger partial charge in [-0.1, -0.05) is 12.1 Å². The summed E-state index contributed by atoms with van der Waals surface area (Å²) in [5, 5.41) is 18.0. The minimum absolute atomic E-state index is 0.00331. The highest BCUT2D eigenvalue weighted by atomic mass is 16.6. The monoisotopic (exact) mass is 440 g/mol.